The number of aromatic amines is 1. The Labute approximate surface area is 110 Å². The zero-order valence-electron chi connectivity index (χ0n) is 10.0. The summed E-state index contributed by atoms with van der Waals surface area (Å²) in [5.41, 5.74) is 7.28. The Balaban J connectivity index is 2.10. The lowest BCUT2D eigenvalue weighted by Crippen LogP contribution is -2.18. The number of aromatic nitrogens is 5. The number of halogens is 3. The van der Waals surface area contributed by atoms with Gasteiger partial charge in [-0.05, 0) is 6.07 Å². The Kier molecular flexibility index (Phi) is 2.63. The van der Waals surface area contributed by atoms with Gasteiger partial charge in [0.15, 0.2) is 0 Å². The minimum atomic E-state index is -4.34. The van der Waals surface area contributed by atoms with E-state index in [2.05, 4.69) is 20.3 Å². The first kappa shape index (κ1) is 12.5. The third-order valence-corrected chi connectivity index (χ3v) is 2.78. The number of anilines is 1. The van der Waals surface area contributed by atoms with E-state index in [1.165, 1.54) is 24.7 Å². The summed E-state index contributed by atoms with van der Waals surface area (Å²) in [6.45, 7) is -1.15. The molecule has 9 heteroatoms. The summed E-state index contributed by atoms with van der Waals surface area (Å²) in [4.78, 5) is 4.13. The van der Waals surface area contributed by atoms with Crippen molar-refractivity contribution < 1.29 is 13.2 Å². The predicted octanol–water partition coefficient (Wildman–Crippen LogP) is 1.97. The Morgan fingerprint density at radius 1 is 1.25 bits per heavy atom. The molecule has 20 heavy (non-hydrogen) atoms. The van der Waals surface area contributed by atoms with Crippen molar-refractivity contribution in [2.75, 3.05) is 5.73 Å². The summed E-state index contributed by atoms with van der Waals surface area (Å²) in [5, 5.41) is 10.7. The molecule has 104 valence electrons. The van der Waals surface area contributed by atoms with Gasteiger partial charge in [0.25, 0.3) is 0 Å². The second-order valence-electron chi connectivity index (χ2n) is 4.25. The van der Waals surface area contributed by atoms with E-state index in [1.807, 2.05) is 0 Å². The molecule has 0 atom stereocenters. The van der Waals surface area contributed by atoms with Crippen LogP contribution in [0, 0.1) is 0 Å². The van der Waals surface area contributed by atoms with Crippen LogP contribution in [0.15, 0.2) is 24.7 Å². The quantitative estimate of drug-likeness (QED) is 0.752. The first-order valence-corrected chi connectivity index (χ1v) is 5.61. The molecule has 0 aliphatic carbocycles. The number of nitrogen functional groups attached to an aromatic ring is 1. The van der Waals surface area contributed by atoms with E-state index in [4.69, 9.17) is 5.73 Å². The molecule has 3 rings (SSSR count). The minimum absolute atomic E-state index is 0.335. The number of nitrogens with zero attached hydrogens (tertiary/aromatic N) is 4. The van der Waals surface area contributed by atoms with Crippen molar-refractivity contribution in [1.82, 2.24) is 25.0 Å². The van der Waals surface area contributed by atoms with E-state index < -0.39 is 12.7 Å². The summed E-state index contributed by atoms with van der Waals surface area (Å²) in [6, 6.07) is 1.50. The summed E-state index contributed by atoms with van der Waals surface area (Å²) in [5.74, 6) is 0. The van der Waals surface area contributed by atoms with Crippen LogP contribution >= 0.6 is 0 Å². The van der Waals surface area contributed by atoms with Crippen molar-refractivity contribution in [1.29, 1.82) is 0 Å². The number of nitrogens with one attached hydrogen (secondary N) is 1. The summed E-state index contributed by atoms with van der Waals surface area (Å²) < 4.78 is 38.3. The molecular formula is C11H9F3N6. The van der Waals surface area contributed by atoms with Gasteiger partial charge in [-0.3, -0.25) is 14.8 Å². The van der Waals surface area contributed by atoms with Crippen molar-refractivity contribution in [2.24, 2.45) is 0 Å². The van der Waals surface area contributed by atoms with Crippen molar-refractivity contribution in [3.05, 3.63) is 24.7 Å². The van der Waals surface area contributed by atoms with Crippen LogP contribution in [0.2, 0.25) is 0 Å². The molecule has 0 unspecified atom stereocenters. The van der Waals surface area contributed by atoms with E-state index >= 15 is 0 Å². The van der Waals surface area contributed by atoms with E-state index in [9.17, 15) is 13.2 Å². The van der Waals surface area contributed by atoms with Gasteiger partial charge >= 0.3 is 6.18 Å². The molecule has 3 heterocycles. The summed E-state index contributed by atoms with van der Waals surface area (Å²) in [7, 11) is 0. The fourth-order valence-electron chi connectivity index (χ4n) is 1.91. The normalized spacial score (nSPS) is 12.2. The first-order valence-electron chi connectivity index (χ1n) is 5.61. The highest BCUT2D eigenvalue weighted by atomic mass is 19.4. The molecule has 0 bridgehead atoms. The highest BCUT2D eigenvalue weighted by Crippen LogP contribution is 2.26. The molecule has 0 radical (unpaired) electrons. The number of H-pyrrole nitrogens is 1. The number of hydrogen-bond acceptors (Lipinski definition) is 4. The van der Waals surface area contributed by atoms with Gasteiger partial charge in [0, 0.05) is 11.6 Å². The number of alkyl halides is 3. The maximum absolute atomic E-state index is 12.5. The van der Waals surface area contributed by atoms with Gasteiger partial charge in [-0.1, -0.05) is 0 Å². The standard InChI is InChI=1S/C11H9F3N6/c12-11(13,14)5-20-9-1-8(10-7(15)4-17-19-10)16-2-6(9)3-18-20/h1-4H,5,15H2,(H,17,19). The molecule has 0 fully saturated rings. The van der Waals surface area contributed by atoms with Crippen LogP contribution in [0.4, 0.5) is 18.9 Å². The van der Waals surface area contributed by atoms with Gasteiger partial charge < -0.3 is 5.73 Å². The summed E-state index contributed by atoms with van der Waals surface area (Å²) >= 11 is 0. The van der Waals surface area contributed by atoms with Gasteiger partial charge in [-0.2, -0.15) is 23.4 Å². The maximum atomic E-state index is 12.5. The largest absolute Gasteiger partial charge is 0.408 e. The second kappa shape index (κ2) is 4.22. The first-order chi connectivity index (χ1) is 9.44. The fraction of sp³-hybridized carbons (Fsp3) is 0.182. The molecule has 3 aromatic heterocycles. The third kappa shape index (κ3) is 2.17. The Hall–Kier alpha value is -2.58. The Morgan fingerprint density at radius 2 is 2.05 bits per heavy atom. The van der Waals surface area contributed by atoms with Crippen LogP contribution in [-0.4, -0.2) is 31.1 Å². The zero-order chi connectivity index (χ0) is 14.3. The van der Waals surface area contributed by atoms with Crippen LogP contribution < -0.4 is 5.73 Å². The van der Waals surface area contributed by atoms with Crippen molar-refractivity contribution in [3.63, 3.8) is 0 Å². The third-order valence-electron chi connectivity index (χ3n) is 2.78. The minimum Gasteiger partial charge on any atom is -0.396 e. The number of hydrogen-bond donors (Lipinski definition) is 2. The number of fused-ring (bicyclic) bond motifs is 1. The SMILES string of the molecule is Nc1cn[nH]c1-c1cc2c(cn1)cnn2CC(F)(F)F. The van der Waals surface area contributed by atoms with Crippen LogP contribution in [0.1, 0.15) is 0 Å². The average molecular weight is 282 g/mol. The second-order valence-corrected chi connectivity index (χ2v) is 4.25. The molecule has 0 saturated carbocycles. The molecule has 3 aromatic rings. The molecule has 0 aromatic carbocycles. The van der Waals surface area contributed by atoms with Crippen molar-refractivity contribution in [3.8, 4) is 11.4 Å². The topological polar surface area (TPSA) is 85.4 Å². The molecule has 0 aliphatic heterocycles. The molecule has 3 N–H and O–H groups in total. The van der Waals surface area contributed by atoms with Crippen LogP contribution in [0.3, 0.4) is 0 Å². The van der Waals surface area contributed by atoms with E-state index in [-0.39, 0.29) is 0 Å². The van der Waals surface area contributed by atoms with Crippen LogP contribution in [0.25, 0.3) is 22.3 Å². The summed E-state index contributed by atoms with van der Waals surface area (Å²) in [6.07, 6.45) is -0.136. The Morgan fingerprint density at radius 3 is 2.70 bits per heavy atom. The molecular weight excluding hydrogens is 273 g/mol. The highest BCUT2D eigenvalue weighted by Gasteiger charge is 2.29. The lowest BCUT2D eigenvalue weighted by Gasteiger charge is -2.07. The number of nitrogens with two attached hydrogens (primary N) is 1. The maximum Gasteiger partial charge on any atom is 0.408 e. The van der Waals surface area contributed by atoms with Crippen LogP contribution in [0.5, 0.6) is 0 Å². The van der Waals surface area contributed by atoms with Gasteiger partial charge in [0.05, 0.1) is 29.3 Å². The molecule has 0 amide bonds. The zero-order valence-corrected chi connectivity index (χ0v) is 10.0. The predicted molar refractivity (Wildman–Crippen MR) is 65.6 cm³/mol. The highest BCUT2D eigenvalue weighted by molar-refractivity contribution is 5.83. The van der Waals surface area contributed by atoms with Gasteiger partial charge in [-0.25, -0.2) is 0 Å². The fourth-order valence-corrected chi connectivity index (χ4v) is 1.91. The van der Waals surface area contributed by atoms with Gasteiger partial charge in [-0.15, -0.1) is 0 Å². The smallest absolute Gasteiger partial charge is 0.396 e. The monoisotopic (exact) mass is 282 g/mol. The van der Waals surface area contributed by atoms with E-state index in [1.54, 1.807) is 0 Å². The average Bonchev–Trinajstić information content (AvgIpc) is 2.94. The lowest BCUT2D eigenvalue weighted by molar-refractivity contribution is -0.141. The lowest BCUT2D eigenvalue weighted by atomic mass is 10.2. The van der Waals surface area contributed by atoms with Gasteiger partial charge in [0.1, 0.15) is 12.2 Å². The van der Waals surface area contributed by atoms with Crippen LogP contribution in [-0.2, 0) is 6.54 Å². The number of pyridine rings is 1. The molecule has 0 saturated heterocycles. The van der Waals surface area contributed by atoms with Gasteiger partial charge in [0.2, 0.25) is 0 Å². The molecule has 0 spiro atoms. The van der Waals surface area contributed by atoms with E-state index in [0.717, 1.165) is 4.68 Å². The van der Waals surface area contributed by atoms with E-state index in [0.29, 0.717) is 28.0 Å². The van der Waals surface area contributed by atoms with Crippen molar-refractivity contribution >= 4 is 16.6 Å². The molecule has 6 nitrogen and oxygen atoms in total. The Bertz CT molecular complexity index is 757. The van der Waals surface area contributed by atoms with Crippen molar-refractivity contribution in [2.45, 2.75) is 12.7 Å². The molecule has 0 aliphatic rings. The number of rotatable bonds is 2.